The van der Waals surface area contributed by atoms with Crippen LogP contribution in [0.15, 0.2) is 70.7 Å². The third-order valence-corrected chi connectivity index (χ3v) is 5.90. The van der Waals surface area contributed by atoms with Gasteiger partial charge in [-0.2, -0.15) is 0 Å². The first-order valence-electron chi connectivity index (χ1n) is 9.90. The Kier molecular flexibility index (Phi) is 5.51. The molecule has 0 saturated carbocycles. The summed E-state index contributed by atoms with van der Waals surface area (Å²) in [4.78, 5) is 17.0. The fourth-order valence-corrected chi connectivity index (χ4v) is 4.06. The predicted molar refractivity (Wildman–Crippen MR) is 118 cm³/mol. The Morgan fingerprint density at radius 3 is 2.91 bits per heavy atom. The molecule has 0 spiro atoms. The molecule has 0 fully saturated rings. The minimum atomic E-state index is -0.429. The van der Waals surface area contributed by atoms with Crippen LogP contribution in [-0.2, 0) is 11.3 Å². The first kappa shape index (κ1) is 20.1. The fraction of sp³-hybridized carbons (Fsp3) is 0.182. The van der Waals surface area contributed by atoms with E-state index in [4.69, 9.17) is 13.9 Å². The Balaban J connectivity index is 1.35. The van der Waals surface area contributed by atoms with Crippen molar-refractivity contribution in [2.45, 2.75) is 23.9 Å². The molecule has 10 heteroatoms. The summed E-state index contributed by atoms with van der Waals surface area (Å²) in [5, 5.41) is 11.8. The third kappa shape index (κ3) is 4.17. The molecule has 1 amide bonds. The molecule has 0 radical (unpaired) electrons. The highest BCUT2D eigenvalue weighted by atomic mass is 32.2. The van der Waals surface area contributed by atoms with Crippen molar-refractivity contribution < 1.29 is 18.7 Å². The van der Waals surface area contributed by atoms with Crippen LogP contribution in [0.2, 0.25) is 0 Å². The summed E-state index contributed by atoms with van der Waals surface area (Å²) in [7, 11) is 0. The molecule has 0 aliphatic carbocycles. The molecule has 1 N–H and O–H groups in total. The number of pyridine rings is 1. The smallest absolute Gasteiger partial charge is 0.237 e. The normalized spacial score (nSPS) is 13.2. The zero-order chi connectivity index (χ0) is 21.9. The molecule has 9 nitrogen and oxygen atoms in total. The van der Waals surface area contributed by atoms with Crippen molar-refractivity contribution in [3.8, 4) is 22.9 Å². The lowest BCUT2D eigenvalue weighted by atomic mass is 10.2. The Morgan fingerprint density at radius 1 is 1.19 bits per heavy atom. The number of amides is 1. The van der Waals surface area contributed by atoms with Crippen LogP contribution in [0.5, 0.6) is 11.5 Å². The summed E-state index contributed by atoms with van der Waals surface area (Å²) in [6, 6.07) is 12.8. The third-order valence-electron chi connectivity index (χ3n) is 4.82. The van der Waals surface area contributed by atoms with Gasteiger partial charge in [-0.3, -0.25) is 14.3 Å². The van der Waals surface area contributed by atoms with Crippen molar-refractivity contribution in [2.75, 3.05) is 12.1 Å². The van der Waals surface area contributed by atoms with Gasteiger partial charge >= 0.3 is 0 Å². The van der Waals surface area contributed by atoms with Gasteiger partial charge in [0.15, 0.2) is 22.5 Å². The second kappa shape index (κ2) is 8.75. The van der Waals surface area contributed by atoms with E-state index < -0.39 is 5.25 Å². The molecule has 1 aromatic carbocycles. The van der Waals surface area contributed by atoms with E-state index in [2.05, 4.69) is 20.5 Å². The number of ether oxygens (including phenoxy) is 2. The molecule has 4 aromatic rings. The number of hydrogen-bond donors (Lipinski definition) is 1. The van der Waals surface area contributed by atoms with Crippen LogP contribution in [0.1, 0.15) is 12.7 Å². The highest BCUT2D eigenvalue weighted by Crippen LogP contribution is 2.34. The topological polar surface area (TPSA) is 104 Å². The molecule has 4 heterocycles. The largest absolute Gasteiger partial charge is 0.467 e. The van der Waals surface area contributed by atoms with E-state index >= 15 is 0 Å². The Labute approximate surface area is 187 Å². The average molecular weight is 449 g/mol. The number of fused-ring (bicyclic) bond motifs is 1. The summed E-state index contributed by atoms with van der Waals surface area (Å²) >= 11 is 1.32. The number of nitrogens with zero attached hydrogens (tertiary/aromatic N) is 4. The number of carbonyl (C=O) groups is 1. The lowest BCUT2D eigenvalue weighted by Crippen LogP contribution is -2.23. The van der Waals surface area contributed by atoms with E-state index in [0.29, 0.717) is 34.7 Å². The molecule has 0 saturated heterocycles. The van der Waals surface area contributed by atoms with Gasteiger partial charge in [-0.05, 0) is 43.3 Å². The maximum atomic E-state index is 12.8. The number of benzene rings is 1. The standard InChI is InChI=1S/C22H19N5O4S/c1-14(21(28)24-16-6-7-18-19(10-16)31-13-30-18)32-22-26-25-20(15-4-2-8-23-11-15)27(22)12-17-5-3-9-29-17/h2-11,14H,12-13H2,1H3,(H,24,28). The number of hydrogen-bond acceptors (Lipinski definition) is 8. The molecular weight excluding hydrogens is 430 g/mol. The molecule has 162 valence electrons. The van der Waals surface area contributed by atoms with Crippen LogP contribution in [0.3, 0.4) is 0 Å². The van der Waals surface area contributed by atoms with Gasteiger partial charge in [0.05, 0.1) is 18.1 Å². The molecular formula is C22H19N5O4S. The Morgan fingerprint density at radius 2 is 2.09 bits per heavy atom. The first-order valence-corrected chi connectivity index (χ1v) is 10.8. The highest BCUT2D eigenvalue weighted by Gasteiger charge is 2.22. The van der Waals surface area contributed by atoms with Gasteiger partial charge in [0.2, 0.25) is 12.7 Å². The summed E-state index contributed by atoms with van der Waals surface area (Å²) in [6.07, 6.45) is 5.06. The van der Waals surface area contributed by atoms with Crippen LogP contribution in [0.4, 0.5) is 5.69 Å². The number of aromatic nitrogens is 4. The van der Waals surface area contributed by atoms with Crippen molar-refractivity contribution >= 4 is 23.4 Å². The summed E-state index contributed by atoms with van der Waals surface area (Å²) in [5.74, 6) is 2.53. The van der Waals surface area contributed by atoms with Gasteiger partial charge in [0.1, 0.15) is 5.76 Å². The second-order valence-electron chi connectivity index (χ2n) is 7.03. The maximum absolute atomic E-state index is 12.8. The monoisotopic (exact) mass is 449 g/mol. The molecule has 1 aliphatic heterocycles. The molecule has 32 heavy (non-hydrogen) atoms. The molecule has 1 aliphatic rings. The van der Waals surface area contributed by atoms with E-state index in [1.54, 1.807) is 36.9 Å². The van der Waals surface area contributed by atoms with Crippen molar-refractivity contribution in [1.82, 2.24) is 19.7 Å². The lowest BCUT2D eigenvalue weighted by molar-refractivity contribution is -0.115. The van der Waals surface area contributed by atoms with Gasteiger partial charge in [0, 0.05) is 29.7 Å². The van der Waals surface area contributed by atoms with Gasteiger partial charge in [0.25, 0.3) is 0 Å². The van der Waals surface area contributed by atoms with Crippen molar-refractivity contribution in [1.29, 1.82) is 0 Å². The first-order chi connectivity index (χ1) is 15.7. The number of furan rings is 1. The summed E-state index contributed by atoms with van der Waals surface area (Å²) in [5.41, 5.74) is 1.47. The zero-order valence-corrected chi connectivity index (χ0v) is 17.9. The van der Waals surface area contributed by atoms with E-state index in [9.17, 15) is 4.79 Å². The highest BCUT2D eigenvalue weighted by molar-refractivity contribution is 8.00. The molecule has 5 rings (SSSR count). The minimum absolute atomic E-state index is 0.163. The maximum Gasteiger partial charge on any atom is 0.237 e. The summed E-state index contributed by atoms with van der Waals surface area (Å²) in [6.45, 7) is 2.44. The molecule has 1 unspecified atom stereocenters. The van der Waals surface area contributed by atoms with Crippen molar-refractivity contribution in [3.63, 3.8) is 0 Å². The number of nitrogens with one attached hydrogen (secondary N) is 1. The van der Waals surface area contributed by atoms with E-state index in [1.165, 1.54) is 11.8 Å². The van der Waals surface area contributed by atoms with E-state index in [-0.39, 0.29) is 12.7 Å². The number of anilines is 1. The minimum Gasteiger partial charge on any atom is -0.467 e. The van der Waals surface area contributed by atoms with Crippen LogP contribution in [0.25, 0.3) is 11.4 Å². The van der Waals surface area contributed by atoms with E-state index in [0.717, 1.165) is 11.3 Å². The number of rotatable bonds is 7. The molecule has 0 bridgehead atoms. The van der Waals surface area contributed by atoms with Crippen LogP contribution < -0.4 is 14.8 Å². The van der Waals surface area contributed by atoms with Crippen LogP contribution >= 0.6 is 11.8 Å². The molecule has 1 atom stereocenters. The fourth-order valence-electron chi connectivity index (χ4n) is 3.22. The average Bonchev–Trinajstić information content (AvgIpc) is 3.56. The zero-order valence-electron chi connectivity index (χ0n) is 17.1. The Bertz CT molecular complexity index is 1230. The van der Waals surface area contributed by atoms with Gasteiger partial charge < -0.3 is 19.2 Å². The van der Waals surface area contributed by atoms with Gasteiger partial charge in [-0.1, -0.05) is 11.8 Å². The Hall–Kier alpha value is -3.79. The van der Waals surface area contributed by atoms with Crippen molar-refractivity contribution in [3.05, 3.63) is 66.9 Å². The van der Waals surface area contributed by atoms with Gasteiger partial charge in [-0.15, -0.1) is 10.2 Å². The van der Waals surface area contributed by atoms with Crippen LogP contribution in [0, 0.1) is 0 Å². The quantitative estimate of drug-likeness (QED) is 0.425. The second-order valence-corrected chi connectivity index (χ2v) is 8.34. The predicted octanol–water partition coefficient (Wildman–Crippen LogP) is 3.83. The van der Waals surface area contributed by atoms with Gasteiger partial charge in [-0.25, -0.2) is 0 Å². The molecule has 3 aromatic heterocycles. The number of thioether (sulfide) groups is 1. The van der Waals surface area contributed by atoms with Crippen LogP contribution in [-0.4, -0.2) is 37.7 Å². The number of carbonyl (C=O) groups excluding carboxylic acids is 1. The summed E-state index contributed by atoms with van der Waals surface area (Å²) < 4.78 is 18.1. The van der Waals surface area contributed by atoms with E-state index in [1.807, 2.05) is 35.8 Å². The lowest BCUT2D eigenvalue weighted by Gasteiger charge is -2.13. The SMILES string of the molecule is CC(Sc1nnc(-c2cccnc2)n1Cc1ccco1)C(=O)Nc1ccc2c(c1)OCO2. The van der Waals surface area contributed by atoms with Crippen molar-refractivity contribution in [2.24, 2.45) is 0 Å².